The SMILES string of the molecule is CCCCc1cc(-c2ccccc2/C(=N/OC=O)NC)ccc1Cn1c(=O)n(CC(=O)c2ccc(OC)cc2)c(=O)c2cc(CC)sc21. The molecule has 0 unspecified atom stereocenters. The number of benzene rings is 3. The van der Waals surface area contributed by atoms with Gasteiger partial charge in [-0.2, -0.15) is 0 Å². The Kier molecular flexibility index (Phi) is 11.0. The van der Waals surface area contributed by atoms with Crippen molar-refractivity contribution in [3.8, 4) is 16.9 Å². The van der Waals surface area contributed by atoms with Crippen molar-refractivity contribution >= 4 is 39.6 Å². The largest absolute Gasteiger partial charge is 0.497 e. The summed E-state index contributed by atoms with van der Waals surface area (Å²) in [4.78, 5) is 58.2. The molecule has 5 aromatic rings. The summed E-state index contributed by atoms with van der Waals surface area (Å²) in [7, 11) is 3.25. The highest BCUT2D eigenvalue weighted by molar-refractivity contribution is 7.18. The van der Waals surface area contributed by atoms with E-state index >= 15 is 0 Å². The van der Waals surface area contributed by atoms with Gasteiger partial charge in [0.2, 0.25) is 0 Å². The van der Waals surface area contributed by atoms with Crippen LogP contribution in [0.3, 0.4) is 0 Å². The van der Waals surface area contributed by atoms with E-state index in [1.165, 1.54) is 11.3 Å². The molecule has 5 rings (SSSR count). The zero-order valence-electron chi connectivity index (χ0n) is 27.4. The van der Waals surface area contributed by atoms with E-state index in [0.29, 0.717) is 33.8 Å². The maximum atomic E-state index is 14.1. The lowest BCUT2D eigenvalue weighted by atomic mass is 9.93. The van der Waals surface area contributed by atoms with Gasteiger partial charge in [-0.1, -0.05) is 67.9 Å². The van der Waals surface area contributed by atoms with E-state index in [4.69, 9.17) is 4.74 Å². The number of fused-ring (bicyclic) bond motifs is 1. The third-order valence-electron chi connectivity index (χ3n) is 8.26. The molecular weight excluding hydrogens is 628 g/mol. The molecule has 48 heavy (non-hydrogen) atoms. The molecule has 0 atom stereocenters. The maximum Gasteiger partial charge on any atom is 0.332 e. The third kappa shape index (κ3) is 7.16. The molecule has 248 valence electrons. The summed E-state index contributed by atoms with van der Waals surface area (Å²) in [6.45, 7) is 4.26. The molecule has 0 aliphatic rings. The van der Waals surface area contributed by atoms with Crippen LogP contribution >= 0.6 is 11.3 Å². The number of nitrogens with zero attached hydrogens (tertiary/aromatic N) is 3. The smallest absolute Gasteiger partial charge is 0.332 e. The Morgan fingerprint density at radius 3 is 2.44 bits per heavy atom. The second-order valence-electron chi connectivity index (χ2n) is 11.2. The van der Waals surface area contributed by atoms with Crippen molar-refractivity contribution in [1.29, 1.82) is 0 Å². The van der Waals surface area contributed by atoms with Crippen LogP contribution in [0.25, 0.3) is 21.3 Å². The van der Waals surface area contributed by atoms with Crippen molar-refractivity contribution in [3.63, 3.8) is 0 Å². The van der Waals surface area contributed by atoms with Crippen molar-refractivity contribution in [2.45, 2.75) is 52.6 Å². The van der Waals surface area contributed by atoms with Gasteiger partial charge in [0.15, 0.2) is 11.6 Å². The molecule has 0 saturated carbocycles. The first-order valence-electron chi connectivity index (χ1n) is 15.8. The molecule has 3 aromatic carbocycles. The van der Waals surface area contributed by atoms with Crippen LogP contribution in [0.5, 0.6) is 5.75 Å². The average Bonchev–Trinajstić information content (AvgIpc) is 3.56. The second kappa shape index (κ2) is 15.5. The van der Waals surface area contributed by atoms with Crippen LogP contribution < -0.4 is 21.3 Å². The topological polar surface area (TPSA) is 121 Å². The second-order valence-corrected chi connectivity index (χ2v) is 12.3. The summed E-state index contributed by atoms with van der Waals surface area (Å²) in [6, 6.07) is 22.3. The molecule has 2 aromatic heterocycles. The Hall–Kier alpha value is -5.29. The van der Waals surface area contributed by atoms with Gasteiger partial charge in [0.1, 0.15) is 10.6 Å². The number of carbonyl (C=O) groups is 2. The Labute approximate surface area is 282 Å². The standard InChI is InChI=1S/C37H38N4O6S/c1-5-7-10-25-19-26(30-11-8-9-12-31(30)34(38-3)39-47-23-42)13-14-27(25)21-41-36-32(20-29(6-2)48-36)35(44)40(37(41)45)22-33(43)24-15-17-28(46-4)18-16-24/h8-9,11-20,23H,5-7,10,21-22H2,1-4H3,(H,38,39). The summed E-state index contributed by atoms with van der Waals surface area (Å²) in [5, 5.41) is 7.34. The normalized spacial score (nSPS) is 11.5. The monoisotopic (exact) mass is 666 g/mol. The summed E-state index contributed by atoms with van der Waals surface area (Å²) in [5.74, 6) is 0.666. The highest BCUT2D eigenvalue weighted by Crippen LogP contribution is 2.29. The Morgan fingerprint density at radius 2 is 1.75 bits per heavy atom. The minimum absolute atomic E-state index is 0.230. The van der Waals surface area contributed by atoms with Gasteiger partial charge in [0.05, 0.1) is 25.6 Å². The highest BCUT2D eigenvalue weighted by atomic mass is 32.1. The van der Waals surface area contributed by atoms with Gasteiger partial charge in [-0.05, 0) is 71.8 Å². The number of rotatable bonds is 14. The van der Waals surface area contributed by atoms with Gasteiger partial charge >= 0.3 is 12.2 Å². The number of hydrogen-bond acceptors (Lipinski definition) is 8. The predicted octanol–water partition coefficient (Wildman–Crippen LogP) is 5.79. The lowest BCUT2D eigenvalue weighted by molar-refractivity contribution is -0.128. The van der Waals surface area contributed by atoms with Crippen molar-refractivity contribution in [1.82, 2.24) is 14.5 Å². The van der Waals surface area contributed by atoms with E-state index in [0.717, 1.165) is 56.5 Å². The van der Waals surface area contributed by atoms with Crippen LogP contribution in [-0.2, 0) is 35.6 Å². The zero-order valence-corrected chi connectivity index (χ0v) is 28.3. The molecule has 2 heterocycles. The lowest BCUT2D eigenvalue weighted by Gasteiger charge is -2.17. The van der Waals surface area contributed by atoms with Gasteiger partial charge in [0.25, 0.3) is 5.56 Å². The average molecular weight is 667 g/mol. The fourth-order valence-corrected chi connectivity index (χ4v) is 6.76. The van der Waals surface area contributed by atoms with E-state index < -0.39 is 11.2 Å². The van der Waals surface area contributed by atoms with Crippen LogP contribution in [0, 0.1) is 0 Å². The first kappa shape index (κ1) is 34.1. The number of amidine groups is 1. The molecular formula is C37H38N4O6S. The van der Waals surface area contributed by atoms with E-state index in [1.54, 1.807) is 43.0 Å². The van der Waals surface area contributed by atoms with Gasteiger partial charge in [-0.3, -0.25) is 23.5 Å². The summed E-state index contributed by atoms with van der Waals surface area (Å²) < 4.78 is 7.88. The van der Waals surface area contributed by atoms with Gasteiger partial charge < -0.3 is 14.9 Å². The molecule has 0 bridgehead atoms. The molecule has 1 N–H and O–H groups in total. The van der Waals surface area contributed by atoms with Crippen molar-refractivity contribution < 1.29 is 19.2 Å². The fraction of sp³-hybridized carbons (Fsp3) is 0.270. The molecule has 0 fully saturated rings. The Morgan fingerprint density at radius 1 is 0.979 bits per heavy atom. The number of thiophene rings is 1. The number of ketones is 1. The van der Waals surface area contributed by atoms with Crippen LogP contribution in [-0.4, -0.2) is 41.4 Å². The van der Waals surface area contributed by atoms with E-state index in [-0.39, 0.29) is 25.3 Å². The lowest BCUT2D eigenvalue weighted by Crippen LogP contribution is -2.41. The van der Waals surface area contributed by atoms with Crippen molar-refractivity contribution in [2.24, 2.45) is 5.16 Å². The number of carbonyl (C=O) groups excluding carboxylic acids is 2. The highest BCUT2D eigenvalue weighted by Gasteiger charge is 2.20. The van der Waals surface area contributed by atoms with E-state index in [9.17, 15) is 19.2 Å². The number of methoxy groups -OCH3 is 1. The molecule has 0 amide bonds. The number of nitrogens with one attached hydrogen (secondary N) is 1. The Balaban J connectivity index is 1.60. The van der Waals surface area contributed by atoms with Crippen LogP contribution in [0.15, 0.2) is 87.5 Å². The Bertz CT molecular complexity index is 2090. The van der Waals surface area contributed by atoms with Crippen molar-refractivity contribution in [2.75, 3.05) is 14.2 Å². The van der Waals surface area contributed by atoms with Crippen molar-refractivity contribution in [3.05, 3.63) is 121 Å². The molecule has 0 radical (unpaired) electrons. The minimum Gasteiger partial charge on any atom is -0.497 e. The predicted molar refractivity (Wildman–Crippen MR) is 189 cm³/mol. The maximum absolute atomic E-state index is 14.1. The fourth-order valence-electron chi connectivity index (χ4n) is 5.68. The van der Waals surface area contributed by atoms with E-state index in [2.05, 4.69) is 28.3 Å². The number of aryl methyl sites for hydroxylation is 2. The summed E-state index contributed by atoms with van der Waals surface area (Å²) in [6.07, 6.45) is 3.41. The van der Waals surface area contributed by atoms with E-state index in [1.807, 2.05) is 49.4 Å². The van der Waals surface area contributed by atoms with Crippen LogP contribution in [0.2, 0.25) is 0 Å². The number of hydrogen-bond donors (Lipinski definition) is 1. The number of Topliss-reactive ketones (excluding diaryl/α,β-unsaturated/α-hetero) is 1. The summed E-state index contributed by atoms with van der Waals surface area (Å²) in [5.41, 5.74) is 3.98. The molecule has 0 aliphatic carbocycles. The first-order chi connectivity index (χ1) is 23.3. The molecule has 0 saturated heterocycles. The molecule has 10 nitrogen and oxygen atoms in total. The molecule has 11 heteroatoms. The third-order valence-corrected chi connectivity index (χ3v) is 9.56. The number of unbranched alkanes of at least 4 members (excludes halogenated alkanes) is 1. The van der Waals surface area contributed by atoms with Gasteiger partial charge in [-0.25, -0.2) is 4.79 Å². The quantitative estimate of drug-likeness (QED) is 0.0398. The first-order valence-corrected chi connectivity index (χ1v) is 16.6. The zero-order chi connectivity index (χ0) is 34.2. The molecule has 0 aliphatic heterocycles. The van der Waals surface area contributed by atoms with Gasteiger partial charge in [-0.15, -0.1) is 11.3 Å². The molecule has 0 spiro atoms. The van der Waals surface area contributed by atoms with Crippen LogP contribution in [0.1, 0.15) is 58.6 Å². The number of ether oxygens (including phenoxy) is 1. The van der Waals surface area contributed by atoms with Crippen LogP contribution in [0.4, 0.5) is 0 Å². The summed E-state index contributed by atoms with van der Waals surface area (Å²) >= 11 is 1.43. The number of aromatic nitrogens is 2. The minimum atomic E-state index is -0.528. The number of oxime groups is 1. The van der Waals surface area contributed by atoms with Gasteiger partial charge in [0, 0.05) is 23.1 Å².